The van der Waals surface area contributed by atoms with Gasteiger partial charge in [0.25, 0.3) is 0 Å². The molecule has 0 aliphatic carbocycles. The maximum atomic E-state index is 12.0. The van der Waals surface area contributed by atoms with E-state index in [9.17, 15) is 9.59 Å². The number of carbonyl (C=O) groups excluding carboxylic acids is 2. The van der Waals surface area contributed by atoms with Crippen molar-refractivity contribution < 1.29 is 18.8 Å². The fraction of sp³-hybridized carbons (Fsp3) is 0.125. The SMILES string of the molecule is O=C(CNC(=O)C1C=C(c2ccco2)ON1)Nc1ccccc1. The molecule has 1 aromatic heterocycles. The molecule has 7 nitrogen and oxygen atoms in total. The first-order chi connectivity index (χ1) is 11.2. The van der Waals surface area contributed by atoms with Crippen molar-refractivity contribution in [3.05, 3.63) is 60.6 Å². The molecule has 118 valence electrons. The Bertz CT molecular complexity index is 710. The van der Waals surface area contributed by atoms with Crippen LogP contribution in [-0.2, 0) is 14.4 Å². The second kappa shape index (κ2) is 6.80. The molecule has 0 saturated carbocycles. The second-order valence-electron chi connectivity index (χ2n) is 4.84. The molecule has 0 saturated heterocycles. The number of hydrogen-bond acceptors (Lipinski definition) is 5. The third kappa shape index (κ3) is 3.78. The molecule has 1 aliphatic heterocycles. The third-order valence-corrected chi connectivity index (χ3v) is 3.14. The van der Waals surface area contributed by atoms with Crippen LogP contribution in [0.3, 0.4) is 0 Å². The van der Waals surface area contributed by atoms with E-state index in [4.69, 9.17) is 9.25 Å². The highest BCUT2D eigenvalue weighted by Crippen LogP contribution is 2.20. The molecule has 2 aromatic rings. The number of carbonyl (C=O) groups is 2. The molecule has 0 radical (unpaired) electrons. The van der Waals surface area contributed by atoms with Gasteiger partial charge in [-0.3, -0.25) is 9.59 Å². The summed E-state index contributed by atoms with van der Waals surface area (Å²) in [4.78, 5) is 29.0. The zero-order valence-corrected chi connectivity index (χ0v) is 12.1. The number of furan rings is 1. The van der Waals surface area contributed by atoms with Crippen molar-refractivity contribution in [3.63, 3.8) is 0 Å². The van der Waals surface area contributed by atoms with Gasteiger partial charge in [0.2, 0.25) is 11.8 Å². The summed E-state index contributed by atoms with van der Waals surface area (Å²) in [5.41, 5.74) is 3.25. The van der Waals surface area contributed by atoms with E-state index in [0.717, 1.165) is 0 Å². The predicted molar refractivity (Wildman–Crippen MR) is 82.8 cm³/mol. The van der Waals surface area contributed by atoms with Crippen LogP contribution in [0.25, 0.3) is 5.76 Å². The highest BCUT2D eigenvalue weighted by atomic mass is 16.7. The maximum absolute atomic E-state index is 12.0. The van der Waals surface area contributed by atoms with Crippen LogP contribution >= 0.6 is 0 Å². The standard InChI is InChI=1S/C16H15N3O4/c20-15(18-11-5-2-1-3-6-11)10-17-16(21)12-9-14(23-19-12)13-7-4-8-22-13/h1-9,12,19H,10H2,(H,17,21)(H,18,20). The van der Waals surface area contributed by atoms with Crippen molar-refractivity contribution in [2.45, 2.75) is 6.04 Å². The fourth-order valence-corrected chi connectivity index (χ4v) is 2.03. The van der Waals surface area contributed by atoms with Gasteiger partial charge in [0.15, 0.2) is 11.5 Å². The first-order valence-corrected chi connectivity index (χ1v) is 7.03. The highest BCUT2D eigenvalue weighted by molar-refractivity contribution is 5.96. The van der Waals surface area contributed by atoms with E-state index in [1.807, 2.05) is 18.2 Å². The fourth-order valence-electron chi connectivity index (χ4n) is 2.03. The minimum Gasteiger partial charge on any atom is -0.461 e. The Kier molecular flexibility index (Phi) is 4.39. The van der Waals surface area contributed by atoms with Crippen LogP contribution in [-0.4, -0.2) is 24.4 Å². The van der Waals surface area contributed by atoms with Gasteiger partial charge in [-0.1, -0.05) is 18.2 Å². The minimum absolute atomic E-state index is 0.129. The average Bonchev–Trinajstić information content (AvgIpc) is 3.24. The van der Waals surface area contributed by atoms with Gasteiger partial charge in [0.1, 0.15) is 6.04 Å². The molecule has 2 heterocycles. The predicted octanol–water partition coefficient (Wildman–Crippen LogP) is 1.28. The molecule has 0 fully saturated rings. The molecule has 3 rings (SSSR count). The summed E-state index contributed by atoms with van der Waals surface area (Å²) < 4.78 is 5.18. The van der Waals surface area contributed by atoms with Crippen molar-refractivity contribution in [2.75, 3.05) is 11.9 Å². The number of anilines is 1. The number of para-hydroxylation sites is 1. The molecule has 0 spiro atoms. The number of amides is 2. The van der Waals surface area contributed by atoms with E-state index in [2.05, 4.69) is 16.1 Å². The summed E-state index contributed by atoms with van der Waals surface area (Å²) >= 11 is 0. The van der Waals surface area contributed by atoms with E-state index >= 15 is 0 Å². The number of benzene rings is 1. The lowest BCUT2D eigenvalue weighted by Crippen LogP contribution is -2.43. The zero-order valence-electron chi connectivity index (χ0n) is 12.1. The van der Waals surface area contributed by atoms with Gasteiger partial charge in [0.05, 0.1) is 12.8 Å². The van der Waals surface area contributed by atoms with Crippen molar-refractivity contribution in [1.82, 2.24) is 10.8 Å². The van der Waals surface area contributed by atoms with Gasteiger partial charge in [0, 0.05) is 5.69 Å². The Morgan fingerprint density at radius 2 is 1.96 bits per heavy atom. The Labute approximate surface area is 132 Å². The Morgan fingerprint density at radius 3 is 2.70 bits per heavy atom. The molecule has 3 N–H and O–H groups in total. The van der Waals surface area contributed by atoms with E-state index < -0.39 is 6.04 Å². The minimum atomic E-state index is -0.681. The molecule has 23 heavy (non-hydrogen) atoms. The van der Waals surface area contributed by atoms with Crippen LogP contribution in [0.15, 0.2) is 59.2 Å². The lowest BCUT2D eigenvalue weighted by molar-refractivity contribution is -0.126. The van der Waals surface area contributed by atoms with Crippen molar-refractivity contribution in [3.8, 4) is 0 Å². The van der Waals surface area contributed by atoms with Gasteiger partial charge in [-0.15, -0.1) is 5.48 Å². The molecular formula is C16H15N3O4. The molecule has 7 heteroatoms. The first-order valence-electron chi connectivity index (χ1n) is 7.03. The summed E-state index contributed by atoms with van der Waals surface area (Å²) in [7, 11) is 0. The van der Waals surface area contributed by atoms with Crippen molar-refractivity contribution in [2.24, 2.45) is 0 Å². The van der Waals surface area contributed by atoms with Gasteiger partial charge >= 0.3 is 0 Å². The zero-order chi connectivity index (χ0) is 16.1. The van der Waals surface area contributed by atoms with Crippen LogP contribution in [0.2, 0.25) is 0 Å². The van der Waals surface area contributed by atoms with Gasteiger partial charge in [-0.2, -0.15) is 0 Å². The third-order valence-electron chi connectivity index (χ3n) is 3.14. The quantitative estimate of drug-likeness (QED) is 0.773. The normalized spacial score (nSPS) is 16.3. The van der Waals surface area contributed by atoms with Crippen LogP contribution in [0, 0.1) is 0 Å². The Balaban J connectivity index is 1.49. The van der Waals surface area contributed by atoms with Crippen molar-refractivity contribution >= 4 is 23.3 Å². The van der Waals surface area contributed by atoms with Crippen LogP contribution in [0.1, 0.15) is 5.76 Å². The van der Waals surface area contributed by atoms with Gasteiger partial charge in [-0.05, 0) is 30.3 Å². The van der Waals surface area contributed by atoms with Gasteiger partial charge < -0.3 is 19.9 Å². The number of rotatable bonds is 5. The first kappa shape index (κ1) is 14.9. The lowest BCUT2D eigenvalue weighted by atomic mass is 10.2. The summed E-state index contributed by atoms with van der Waals surface area (Å²) in [6.45, 7) is -0.129. The summed E-state index contributed by atoms with van der Waals surface area (Å²) in [6, 6.07) is 11.8. The topological polar surface area (TPSA) is 92.6 Å². The molecule has 2 amide bonds. The number of hydroxylamine groups is 1. The summed E-state index contributed by atoms with van der Waals surface area (Å²) in [6.07, 6.45) is 3.10. The van der Waals surface area contributed by atoms with Crippen LogP contribution in [0.5, 0.6) is 0 Å². The van der Waals surface area contributed by atoms with Crippen molar-refractivity contribution in [1.29, 1.82) is 0 Å². The Hall–Kier alpha value is -3.06. The largest absolute Gasteiger partial charge is 0.461 e. The Morgan fingerprint density at radius 1 is 1.13 bits per heavy atom. The average molecular weight is 313 g/mol. The molecule has 1 atom stereocenters. The molecule has 1 aromatic carbocycles. The monoisotopic (exact) mass is 313 g/mol. The summed E-state index contributed by atoms with van der Waals surface area (Å²) in [5.74, 6) is 0.284. The number of nitrogens with one attached hydrogen (secondary N) is 3. The van der Waals surface area contributed by atoms with Crippen LogP contribution < -0.4 is 16.1 Å². The smallest absolute Gasteiger partial charge is 0.245 e. The van der Waals surface area contributed by atoms with E-state index in [1.54, 1.807) is 30.3 Å². The van der Waals surface area contributed by atoms with Crippen LogP contribution in [0.4, 0.5) is 5.69 Å². The maximum Gasteiger partial charge on any atom is 0.245 e. The lowest BCUT2D eigenvalue weighted by Gasteiger charge is -2.09. The van der Waals surface area contributed by atoms with E-state index in [1.165, 1.54) is 6.26 Å². The summed E-state index contributed by atoms with van der Waals surface area (Å²) in [5, 5.41) is 5.23. The van der Waals surface area contributed by atoms with Gasteiger partial charge in [-0.25, -0.2) is 0 Å². The molecule has 1 unspecified atom stereocenters. The molecular weight excluding hydrogens is 298 g/mol. The second-order valence-corrected chi connectivity index (χ2v) is 4.84. The number of hydrogen-bond donors (Lipinski definition) is 3. The van der Waals surface area contributed by atoms with E-state index in [-0.39, 0.29) is 18.4 Å². The highest BCUT2D eigenvalue weighted by Gasteiger charge is 2.26. The van der Waals surface area contributed by atoms with E-state index in [0.29, 0.717) is 17.2 Å². The molecule has 0 bridgehead atoms. The molecule has 1 aliphatic rings.